The summed E-state index contributed by atoms with van der Waals surface area (Å²) in [5, 5.41) is 2.53. The fraction of sp³-hybridized carbons (Fsp3) is 0.286. The number of likely N-dealkylation sites (N-methyl/N-ethyl adjacent to an activating group) is 1. The molecule has 0 bridgehead atoms. The first-order valence-corrected chi connectivity index (χ1v) is 6.20. The second kappa shape index (κ2) is 6.60. The highest BCUT2D eigenvalue weighted by molar-refractivity contribution is 5.89. The molecule has 1 aromatic rings. The van der Waals surface area contributed by atoms with Crippen LogP contribution in [-0.2, 0) is 14.3 Å². The summed E-state index contributed by atoms with van der Waals surface area (Å²) in [6, 6.07) is 5.32. The molecule has 1 aliphatic rings. The minimum atomic E-state index is -0.575. The van der Waals surface area contributed by atoms with Crippen molar-refractivity contribution in [1.82, 2.24) is 5.32 Å². The molecule has 20 heavy (non-hydrogen) atoms. The molecule has 0 fully saturated rings. The molecule has 0 saturated heterocycles. The predicted octanol–water partition coefficient (Wildman–Crippen LogP) is 1.11. The Hall–Kier alpha value is -2.50. The number of rotatable bonds is 5. The van der Waals surface area contributed by atoms with Crippen molar-refractivity contribution >= 4 is 18.0 Å². The summed E-state index contributed by atoms with van der Waals surface area (Å²) in [6.45, 7) is 2.22. The number of carbonyl (C=O) groups is 2. The molecule has 6 nitrogen and oxygen atoms in total. The van der Waals surface area contributed by atoms with Gasteiger partial charge in [0.2, 0.25) is 6.79 Å². The van der Waals surface area contributed by atoms with Crippen LogP contribution in [-0.4, -0.2) is 31.8 Å². The third-order valence-corrected chi connectivity index (χ3v) is 2.53. The van der Waals surface area contributed by atoms with Gasteiger partial charge in [0, 0.05) is 12.6 Å². The first-order chi connectivity index (χ1) is 9.69. The maximum atomic E-state index is 11.4. The Balaban J connectivity index is 1.86. The van der Waals surface area contributed by atoms with E-state index in [0.29, 0.717) is 18.0 Å². The molecule has 106 valence electrons. The van der Waals surface area contributed by atoms with Gasteiger partial charge in [-0.05, 0) is 30.7 Å². The molecule has 6 heteroatoms. The van der Waals surface area contributed by atoms with Crippen LogP contribution in [0.3, 0.4) is 0 Å². The van der Waals surface area contributed by atoms with E-state index in [1.54, 1.807) is 31.2 Å². The van der Waals surface area contributed by atoms with Crippen LogP contribution in [0.4, 0.5) is 0 Å². The largest absolute Gasteiger partial charge is 0.454 e. The first-order valence-electron chi connectivity index (χ1n) is 6.20. The average molecular weight is 277 g/mol. The number of hydrogen-bond acceptors (Lipinski definition) is 5. The minimum absolute atomic E-state index is 0.205. The van der Waals surface area contributed by atoms with Gasteiger partial charge in [0.25, 0.3) is 5.91 Å². The highest BCUT2D eigenvalue weighted by Crippen LogP contribution is 2.32. The van der Waals surface area contributed by atoms with Crippen LogP contribution in [0.25, 0.3) is 6.08 Å². The SMILES string of the molecule is CCNC(=O)COC(=O)/C=C/c1ccc2c(c1)OCO2. The van der Waals surface area contributed by atoms with Crippen molar-refractivity contribution in [3.63, 3.8) is 0 Å². The zero-order valence-corrected chi connectivity index (χ0v) is 11.0. The van der Waals surface area contributed by atoms with Gasteiger partial charge in [-0.25, -0.2) is 4.79 Å². The molecule has 2 rings (SSSR count). The number of esters is 1. The number of carbonyl (C=O) groups excluding carboxylic acids is 2. The fourth-order valence-corrected chi connectivity index (χ4v) is 1.61. The number of fused-ring (bicyclic) bond motifs is 1. The van der Waals surface area contributed by atoms with Gasteiger partial charge >= 0.3 is 5.97 Å². The summed E-state index contributed by atoms with van der Waals surface area (Å²) in [5.41, 5.74) is 0.782. The summed E-state index contributed by atoms with van der Waals surface area (Å²) in [7, 11) is 0. The molecule has 1 N–H and O–H groups in total. The van der Waals surface area contributed by atoms with Crippen LogP contribution in [0, 0.1) is 0 Å². The van der Waals surface area contributed by atoms with Crippen molar-refractivity contribution < 1.29 is 23.8 Å². The fourth-order valence-electron chi connectivity index (χ4n) is 1.61. The predicted molar refractivity (Wildman–Crippen MR) is 71.2 cm³/mol. The maximum absolute atomic E-state index is 11.4. The van der Waals surface area contributed by atoms with Gasteiger partial charge in [-0.3, -0.25) is 4.79 Å². The van der Waals surface area contributed by atoms with Gasteiger partial charge in [-0.2, -0.15) is 0 Å². The Morgan fingerprint density at radius 1 is 1.35 bits per heavy atom. The highest BCUT2D eigenvalue weighted by atomic mass is 16.7. The molecule has 0 atom stereocenters. The maximum Gasteiger partial charge on any atom is 0.331 e. The van der Waals surface area contributed by atoms with Gasteiger partial charge in [0.05, 0.1) is 0 Å². The third kappa shape index (κ3) is 3.74. The normalized spacial score (nSPS) is 12.4. The van der Waals surface area contributed by atoms with Gasteiger partial charge in [0.1, 0.15) is 0 Å². The van der Waals surface area contributed by atoms with E-state index in [0.717, 1.165) is 5.56 Å². The van der Waals surface area contributed by atoms with Crippen molar-refractivity contribution in [3.8, 4) is 11.5 Å². The number of benzene rings is 1. The van der Waals surface area contributed by atoms with Gasteiger partial charge in [-0.1, -0.05) is 6.07 Å². The Morgan fingerprint density at radius 2 is 2.15 bits per heavy atom. The van der Waals surface area contributed by atoms with E-state index in [-0.39, 0.29) is 19.3 Å². The molecule has 0 unspecified atom stereocenters. The van der Waals surface area contributed by atoms with E-state index in [1.165, 1.54) is 6.08 Å². The summed E-state index contributed by atoms with van der Waals surface area (Å²) < 4.78 is 15.2. The Labute approximate surface area is 116 Å². The van der Waals surface area contributed by atoms with Crippen LogP contribution in [0.5, 0.6) is 11.5 Å². The van der Waals surface area contributed by atoms with E-state index >= 15 is 0 Å². The zero-order valence-electron chi connectivity index (χ0n) is 11.0. The standard InChI is InChI=1S/C14H15NO5/c1-2-15-13(16)8-18-14(17)6-4-10-3-5-11-12(7-10)20-9-19-11/h3-7H,2,8-9H2,1H3,(H,15,16)/b6-4+. The number of hydrogen-bond donors (Lipinski definition) is 1. The van der Waals surface area contributed by atoms with Gasteiger partial charge in [0.15, 0.2) is 18.1 Å². The average Bonchev–Trinajstić information content (AvgIpc) is 2.90. The molecular weight excluding hydrogens is 262 g/mol. The lowest BCUT2D eigenvalue weighted by molar-refractivity contribution is -0.143. The summed E-state index contributed by atoms with van der Waals surface area (Å²) in [4.78, 5) is 22.5. The van der Waals surface area contributed by atoms with Crippen molar-refractivity contribution in [1.29, 1.82) is 0 Å². The van der Waals surface area contributed by atoms with E-state index < -0.39 is 5.97 Å². The Bertz CT molecular complexity index is 538. The lowest BCUT2D eigenvalue weighted by atomic mass is 10.2. The molecule has 0 aliphatic carbocycles. The monoisotopic (exact) mass is 277 g/mol. The van der Waals surface area contributed by atoms with Crippen molar-refractivity contribution in [3.05, 3.63) is 29.8 Å². The van der Waals surface area contributed by atoms with Crippen LogP contribution < -0.4 is 14.8 Å². The van der Waals surface area contributed by atoms with Crippen LogP contribution in [0.2, 0.25) is 0 Å². The summed E-state index contributed by atoms with van der Waals surface area (Å²) in [6.07, 6.45) is 2.85. The van der Waals surface area contributed by atoms with Gasteiger partial charge in [-0.15, -0.1) is 0 Å². The second-order valence-corrected chi connectivity index (χ2v) is 4.01. The molecule has 0 spiro atoms. The molecule has 1 amide bonds. The van der Waals surface area contributed by atoms with E-state index in [4.69, 9.17) is 14.2 Å². The highest BCUT2D eigenvalue weighted by Gasteiger charge is 2.12. The molecular formula is C14H15NO5. The van der Waals surface area contributed by atoms with E-state index in [9.17, 15) is 9.59 Å². The van der Waals surface area contributed by atoms with Crippen molar-refractivity contribution in [2.75, 3.05) is 19.9 Å². The molecule has 1 aromatic carbocycles. The summed E-state index contributed by atoms with van der Waals surface area (Å²) >= 11 is 0. The Kier molecular flexibility index (Phi) is 4.60. The third-order valence-electron chi connectivity index (χ3n) is 2.53. The second-order valence-electron chi connectivity index (χ2n) is 4.01. The Morgan fingerprint density at radius 3 is 2.95 bits per heavy atom. The molecule has 0 saturated carbocycles. The van der Waals surface area contributed by atoms with Crippen LogP contribution in [0.15, 0.2) is 24.3 Å². The van der Waals surface area contributed by atoms with Gasteiger partial charge < -0.3 is 19.5 Å². The number of nitrogens with one attached hydrogen (secondary N) is 1. The van der Waals surface area contributed by atoms with Crippen molar-refractivity contribution in [2.24, 2.45) is 0 Å². The van der Waals surface area contributed by atoms with Crippen LogP contribution >= 0.6 is 0 Å². The number of amides is 1. The van der Waals surface area contributed by atoms with Crippen molar-refractivity contribution in [2.45, 2.75) is 6.92 Å². The lowest BCUT2D eigenvalue weighted by Gasteiger charge is -2.02. The summed E-state index contributed by atoms with van der Waals surface area (Å²) in [5.74, 6) is 0.426. The van der Waals surface area contributed by atoms with E-state index in [2.05, 4.69) is 5.32 Å². The number of ether oxygens (including phenoxy) is 3. The molecule has 0 aromatic heterocycles. The quantitative estimate of drug-likeness (QED) is 0.644. The van der Waals surface area contributed by atoms with E-state index in [1.807, 2.05) is 0 Å². The first kappa shape index (κ1) is 13.9. The molecule has 1 heterocycles. The minimum Gasteiger partial charge on any atom is -0.454 e. The zero-order chi connectivity index (χ0) is 14.4. The van der Waals surface area contributed by atoms with Crippen LogP contribution in [0.1, 0.15) is 12.5 Å². The smallest absolute Gasteiger partial charge is 0.331 e. The lowest BCUT2D eigenvalue weighted by Crippen LogP contribution is -2.28. The topological polar surface area (TPSA) is 73.9 Å². The molecule has 0 radical (unpaired) electrons. The molecule has 1 aliphatic heterocycles.